The maximum absolute atomic E-state index is 12.3. The Bertz CT molecular complexity index is 842. The molecule has 0 unspecified atom stereocenters. The summed E-state index contributed by atoms with van der Waals surface area (Å²) in [6.45, 7) is 5.84. The SMILES string of the molecule is CC.Cc1cc(C(=O)Nc2nc3cccc(Cl)c3n2C)ccn1. The second kappa shape index (κ2) is 7.24. The Morgan fingerprint density at radius 3 is 2.65 bits per heavy atom. The molecule has 0 saturated carbocycles. The van der Waals surface area contributed by atoms with Crippen molar-refractivity contribution in [3.8, 4) is 0 Å². The zero-order valence-corrected chi connectivity index (χ0v) is 14.3. The number of nitrogens with one attached hydrogen (secondary N) is 1. The first-order chi connectivity index (χ1) is 11.1. The van der Waals surface area contributed by atoms with E-state index in [0.29, 0.717) is 16.5 Å². The van der Waals surface area contributed by atoms with Crippen LogP contribution in [0.2, 0.25) is 5.02 Å². The van der Waals surface area contributed by atoms with Gasteiger partial charge in [-0.3, -0.25) is 15.1 Å². The zero-order chi connectivity index (χ0) is 17.0. The number of halogens is 1. The van der Waals surface area contributed by atoms with Crippen molar-refractivity contribution in [2.24, 2.45) is 7.05 Å². The molecule has 2 aromatic heterocycles. The fourth-order valence-electron chi connectivity index (χ4n) is 2.19. The molecule has 0 radical (unpaired) electrons. The molecule has 6 heteroatoms. The molecule has 0 atom stereocenters. The van der Waals surface area contributed by atoms with Gasteiger partial charge in [0.05, 0.1) is 16.1 Å². The van der Waals surface area contributed by atoms with Gasteiger partial charge in [-0.2, -0.15) is 0 Å². The molecule has 0 fully saturated rings. The Kier molecular flexibility index (Phi) is 5.34. The highest BCUT2D eigenvalue weighted by atomic mass is 35.5. The van der Waals surface area contributed by atoms with Gasteiger partial charge in [-0.1, -0.05) is 31.5 Å². The van der Waals surface area contributed by atoms with Crippen LogP contribution in [0.25, 0.3) is 11.0 Å². The van der Waals surface area contributed by atoms with E-state index in [4.69, 9.17) is 11.6 Å². The van der Waals surface area contributed by atoms with Crippen LogP contribution in [0.4, 0.5) is 5.95 Å². The number of aryl methyl sites for hydroxylation is 2. The van der Waals surface area contributed by atoms with Gasteiger partial charge >= 0.3 is 0 Å². The summed E-state index contributed by atoms with van der Waals surface area (Å²) in [6.07, 6.45) is 1.61. The van der Waals surface area contributed by atoms with Crippen molar-refractivity contribution >= 4 is 34.5 Å². The third-order valence-corrected chi connectivity index (χ3v) is 3.53. The Labute approximate surface area is 140 Å². The fraction of sp³-hybridized carbons (Fsp3) is 0.235. The minimum absolute atomic E-state index is 0.227. The molecule has 0 saturated heterocycles. The Hall–Kier alpha value is -2.40. The third-order valence-electron chi connectivity index (χ3n) is 3.23. The summed E-state index contributed by atoms with van der Waals surface area (Å²) in [4.78, 5) is 20.7. The van der Waals surface area contributed by atoms with E-state index in [-0.39, 0.29) is 5.91 Å². The molecule has 1 amide bonds. The lowest BCUT2D eigenvalue weighted by molar-refractivity contribution is 0.102. The van der Waals surface area contributed by atoms with Crippen LogP contribution in [0, 0.1) is 6.92 Å². The quantitative estimate of drug-likeness (QED) is 0.765. The van der Waals surface area contributed by atoms with Gasteiger partial charge in [0.15, 0.2) is 0 Å². The van der Waals surface area contributed by atoms with Crippen molar-refractivity contribution in [2.45, 2.75) is 20.8 Å². The molecular weight excluding hydrogens is 312 g/mol. The van der Waals surface area contributed by atoms with E-state index < -0.39 is 0 Å². The topological polar surface area (TPSA) is 59.8 Å². The van der Waals surface area contributed by atoms with E-state index in [1.54, 1.807) is 29.0 Å². The molecule has 2 heterocycles. The number of aromatic nitrogens is 3. The Morgan fingerprint density at radius 2 is 2.00 bits per heavy atom. The fourth-order valence-corrected chi connectivity index (χ4v) is 2.49. The summed E-state index contributed by atoms with van der Waals surface area (Å²) in [5, 5.41) is 3.40. The molecule has 0 aliphatic carbocycles. The van der Waals surface area contributed by atoms with Crippen LogP contribution in [0.3, 0.4) is 0 Å². The first-order valence-electron chi connectivity index (χ1n) is 7.41. The van der Waals surface area contributed by atoms with E-state index in [2.05, 4.69) is 15.3 Å². The molecule has 0 spiro atoms. The van der Waals surface area contributed by atoms with Gasteiger partial charge in [0.1, 0.15) is 0 Å². The molecular formula is C17H19ClN4O. The summed E-state index contributed by atoms with van der Waals surface area (Å²) in [5.41, 5.74) is 2.86. The van der Waals surface area contributed by atoms with Crippen LogP contribution < -0.4 is 5.32 Å². The molecule has 5 nitrogen and oxygen atoms in total. The van der Waals surface area contributed by atoms with Crippen LogP contribution in [-0.4, -0.2) is 20.4 Å². The number of benzene rings is 1. The Morgan fingerprint density at radius 1 is 1.26 bits per heavy atom. The molecule has 3 rings (SSSR count). The van der Waals surface area contributed by atoms with Crippen molar-refractivity contribution in [3.05, 3.63) is 52.8 Å². The summed E-state index contributed by atoms with van der Waals surface area (Å²) in [5.74, 6) is 0.229. The number of carbonyl (C=O) groups is 1. The number of imidazole rings is 1. The minimum atomic E-state index is -0.227. The number of anilines is 1. The number of amides is 1. The van der Waals surface area contributed by atoms with Crippen molar-refractivity contribution in [3.63, 3.8) is 0 Å². The van der Waals surface area contributed by atoms with Gasteiger partial charge in [0.2, 0.25) is 5.95 Å². The van der Waals surface area contributed by atoms with Crippen LogP contribution in [0.5, 0.6) is 0 Å². The summed E-state index contributed by atoms with van der Waals surface area (Å²) >= 11 is 6.17. The number of hydrogen-bond acceptors (Lipinski definition) is 3. The van der Waals surface area contributed by atoms with Crippen molar-refractivity contribution in [1.29, 1.82) is 0 Å². The zero-order valence-electron chi connectivity index (χ0n) is 13.6. The number of nitrogens with zero attached hydrogens (tertiary/aromatic N) is 3. The van der Waals surface area contributed by atoms with Gasteiger partial charge in [-0.15, -0.1) is 0 Å². The number of rotatable bonds is 2. The molecule has 1 N–H and O–H groups in total. The minimum Gasteiger partial charge on any atom is -0.312 e. The predicted octanol–water partition coefficient (Wildman–Crippen LogP) is 4.21. The highest BCUT2D eigenvalue weighted by Gasteiger charge is 2.14. The maximum atomic E-state index is 12.3. The van der Waals surface area contributed by atoms with Crippen LogP contribution >= 0.6 is 11.6 Å². The van der Waals surface area contributed by atoms with Gasteiger partial charge in [0, 0.05) is 24.5 Å². The summed E-state index contributed by atoms with van der Waals surface area (Å²) < 4.78 is 1.77. The monoisotopic (exact) mass is 330 g/mol. The second-order valence-electron chi connectivity index (χ2n) is 4.74. The van der Waals surface area contributed by atoms with Crippen molar-refractivity contribution in [1.82, 2.24) is 14.5 Å². The molecule has 120 valence electrons. The van der Waals surface area contributed by atoms with Crippen LogP contribution in [0.15, 0.2) is 36.5 Å². The number of hydrogen-bond donors (Lipinski definition) is 1. The van der Waals surface area contributed by atoms with E-state index in [9.17, 15) is 4.79 Å². The lowest BCUT2D eigenvalue weighted by Gasteiger charge is -2.06. The molecule has 3 aromatic rings. The van der Waals surface area contributed by atoms with E-state index in [1.807, 2.05) is 40.0 Å². The van der Waals surface area contributed by atoms with Crippen LogP contribution in [0.1, 0.15) is 29.9 Å². The summed E-state index contributed by atoms with van der Waals surface area (Å²) in [6, 6.07) is 8.87. The third kappa shape index (κ3) is 3.51. The molecule has 1 aromatic carbocycles. The molecule has 0 aliphatic heterocycles. The lowest BCUT2D eigenvalue weighted by atomic mass is 10.2. The highest BCUT2D eigenvalue weighted by molar-refractivity contribution is 6.35. The largest absolute Gasteiger partial charge is 0.312 e. The lowest BCUT2D eigenvalue weighted by Crippen LogP contribution is -2.15. The predicted molar refractivity (Wildman–Crippen MR) is 94.0 cm³/mol. The van der Waals surface area contributed by atoms with E-state index in [1.165, 1.54) is 0 Å². The average molecular weight is 331 g/mol. The first kappa shape index (κ1) is 17.0. The smallest absolute Gasteiger partial charge is 0.258 e. The average Bonchev–Trinajstić information content (AvgIpc) is 2.87. The standard InChI is InChI=1S/C15H13ClN4O.C2H6/c1-9-8-10(6-7-17-9)14(21)19-15-18-12-5-3-4-11(16)13(12)20(15)2;1-2/h3-8H,1-2H3,(H,18,19,21);1-2H3. The molecule has 0 aliphatic rings. The van der Waals surface area contributed by atoms with Crippen molar-refractivity contribution < 1.29 is 4.79 Å². The summed E-state index contributed by atoms with van der Waals surface area (Å²) in [7, 11) is 1.81. The van der Waals surface area contributed by atoms with Gasteiger partial charge < -0.3 is 4.57 Å². The number of fused-ring (bicyclic) bond motifs is 1. The van der Waals surface area contributed by atoms with E-state index >= 15 is 0 Å². The molecule has 0 bridgehead atoms. The number of carbonyl (C=O) groups excluding carboxylic acids is 1. The Balaban J connectivity index is 0.000000924. The van der Waals surface area contributed by atoms with Gasteiger partial charge in [-0.05, 0) is 31.2 Å². The second-order valence-corrected chi connectivity index (χ2v) is 5.15. The highest BCUT2D eigenvalue weighted by Crippen LogP contribution is 2.25. The molecule has 23 heavy (non-hydrogen) atoms. The van der Waals surface area contributed by atoms with Crippen molar-refractivity contribution in [2.75, 3.05) is 5.32 Å². The van der Waals surface area contributed by atoms with Crippen LogP contribution in [-0.2, 0) is 7.05 Å². The van der Waals surface area contributed by atoms with Gasteiger partial charge in [0.25, 0.3) is 5.91 Å². The number of para-hydroxylation sites is 1. The number of pyridine rings is 1. The first-order valence-corrected chi connectivity index (χ1v) is 7.79. The van der Waals surface area contributed by atoms with E-state index in [0.717, 1.165) is 16.7 Å². The maximum Gasteiger partial charge on any atom is 0.258 e. The normalized spacial score (nSPS) is 10.1. The van der Waals surface area contributed by atoms with Gasteiger partial charge in [-0.25, -0.2) is 4.98 Å².